The molecule has 8 aromatic carbocycles. The topological polar surface area (TPSA) is 3.24 Å². The Hall–Kier alpha value is -6.44. The van der Waals surface area contributed by atoms with Gasteiger partial charge in [-0.3, -0.25) is 0 Å². The molecule has 0 atom stereocenters. The van der Waals surface area contributed by atoms with Gasteiger partial charge in [0.15, 0.2) is 0 Å². The van der Waals surface area contributed by atoms with Crippen molar-refractivity contribution in [3.63, 3.8) is 0 Å². The molecule has 0 N–H and O–H groups in total. The Kier molecular flexibility index (Phi) is 7.36. The largest absolute Gasteiger partial charge is 0.309 e. The van der Waals surface area contributed by atoms with E-state index in [1.54, 1.807) is 0 Å². The van der Waals surface area contributed by atoms with Gasteiger partial charge in [-0.25, -0.2) is 0 Å². The normalized spacial score (nSPS) is 15.5. The second kappa shape index (κ2) is 12.3. The third kappa shape index (κ3) is 4.77. The first kappa shape index (κ1) is 34.8. The first-order valence-electron chi connectivity index (χ1n) is 20.8. The number of fused-ring (bicyclic) bond motifs is 9. The monoisotopic (exact) mass is 745 g/mol. The van der Waals surface area contributed by atoms with Crippen LogP contribution in [0.3, 0.4) is 0 Å². The fourth-order valence-corrected chi connectivity index (χ4v) is 11.0. The number of hydrogen-bond acceptors (Lipinski definition) is 1. The maximum absolute atomic E-state index is 2.53. The average molecular weight is 746 g/mol. The van der Waals surface area contributed by atoms with E-state index in [1.807, 2.05) is 0 Å². The highest BCUT2D eigenvalue weighted by Crippen LogP contribution is 2.57. The van der Waals surface area contributed by atoms with Gasteiger partial charge in [-0.1, -0.05) is 187 Å². The molecule has 280 valence electrons. The Morgan fingerprint density at radius 3 is 1.47 bits per heavy atom. The summed E-state index contributed by atoms with van der Waals surface area (Å²) in [6.45, 7) is 14.2. The number of benzene rings is 8. The van der Waals surface area contributed by atoms with Gasteiger partial charge in [-0.15, -0.1) is 0 Å². The van der Waals surface area contributed by atoms with E-state index in [9.17, 15) is 0 Å². The predicted octanol–water partition coefficient (Wildman–Crippen LogP) is 15.4. The van der Waals surface area contributed by atoms with Gasteiger partial charge in [0.05, 0.1) is 11.4 Å². The van der Waals surface area contributed by atoms with Gasteiger partial charge in [0, 0.05) is 33.1 Å². The zero-order valence-corrected chi connectivity index (χ0v) is 34.2. The maximum atomic E-state index is 2.53. The standard InChI is InChI=1S/C57H47N/c1-55(2)48-25-13-9-20-45(48)53-49(55)26-16-28-52(53)58(38-32-29-36(30-33-38)37-31-34-41-39-17-7-11-23-46(39)56(3,4)50(41)35-37)51-27-14-10-19-42(51)44-22-15-21-43-40-18-8-12-24-47(40)57(5,6)54(43)44/h7-35H,1-6H3. The van der Waals surface area contributed by atoms with Crippen LogP contribution in [0.4, 0.5) is 17.1 Å². The van der Waals surface area contributed by atoms with Crippen LogP contribution in [0.15, 0.2) is 176 Å². The summed E-state index contributed by atoms with van der Waals surface area (Å²) < 4.78 is 0. The number of anilines is 3. The van der Waals surface area contributed by atoms with Crippen LogP contribution in [0.1, 0.15) is 74.9 Å². The van der Waals surface area contributed by atoms with Crippen LogP contribution < -0.4 is 4.90 Å². The first-order chi connectivity index (χ1) is 28.1. The Balaban J connectivity index is 1.11. The van der Waals surface area contributed by atoms with Crippen LogP contribution in [0, 0.1) is 0 Å². The minimum Gasteiger partial charge on any atom is -0.309 e. The Morgan fingerprint density at radius 2 is 0.759 bits per heavy atom. The molecule has 8 aromatic rings. The highest BCUT2D eigenvalue weighted by Gasteiger charge is 2.40. The van der Waals surface area contributed by atoms with Crippen LogP contribution >= 0.6 is 0 Å². The molecule has 0 spiro atoms. The highest BCUT2D eigenvalue weighted by molar-refractivity contribution is 5.99. The third-order valence-corrected chi connectivity index (χ3v) is 13.9. The molecule has 3 aliphatic rings. The van der Waals surface area contributed by atoms with Crippen molar-refractivity contribution in [3.8, 4) is 55.6 Å². The van der Waals surface area contributed by atoms with E-state index in [-0.39, 0.29) is 16.2 Å². The van der Waals surface area contributed by atoms with Gasteiger partial charge < -0.3 is 4.90 Å². The van der Waals surface area contributed by atoms with Crippen LogP contribution in [0.25, 0.3) is 55.6 Å². The van der Waals surface area contributed by atoms with E-state index < -0.39 is 0 Å². The van der Waals surface area contributed by atoms with Crippen molar-refractivity contribution in [2.45, 2.75) is 57.8 Å². The van der Waals surface area contributed by atoms with E-state index >= 15 is 0 Å². The number of nitrogens with zero attached hydrogens (tertiary/aromatic N) is 1. The van der Waals surface area contributed by atoms with Crippen LogP contribution in [0.5, 0.6) is 0 Å². The van der Waals surface area contributed by atoms with Crippen LogP contribution in [0.2, 0.25) is 0 Å². The summed E-state index contributed by atoms with van der Waals surface area (Å²) in [6, 6.07) is 66.1. The third-order valence-electron chi connectivity index (χ3n) is 13.9. The summed E-state index contributed by atoms with van der Waals surface area (Å²) in [4.78, 5) is 2.53. The minimum absolute atomic E-state index is 0.0479. The molecular weight excluding hydrogens is 699 g/mol. The predicted molar refractivity (Wildman–Crippen MR) is 245 cm³/mol. The van der Waals surface area contributed by atoms with Crippen molar-refractivity contribution in [1.82, 2.24) is 0 Å². The lowest BCUT2D eigenvalue weighted by molar-refractivity contribution is 0.660. The van der Waals surface area contributed by atoms with Crippen molar-refractivity contribution >= 4 is 17.1 Å². The fourth-order valence-electron chi connectivity index (χ4n) is 11.0. The molecule has 0 heterocycles. The molecule has 0 amide bonds. The fraction of sp³-hybridized carbons (Fsp3) is 0.158. The molecule has 0 radical (unpaired) electrons. The van der Waals surface area contributed by atoms with Crippen molar-refractivity contribution in [3.05, 3.63) is 209 Å². The Labute approximate surface area is 343 Å². The highest BCUT2D eigenvalue weighted by atomic mass is 15.1. The number of rotatable bonds is 5. The molecule has 0 fully saturated rings. The molecule has 0 bridgehead atoms. The molecule has 3 aliphatic carbocycles. The zero-order chi connectivity index (χ0) is 39.6. The summed E-state index contributed by atoms with van der Waals surface area (Å²) in [5, 5.41) is 0. The lowest BCUT2D eigenvalue weighted by Crippen LogP contribution is -2.18. The zero-order valence-electron chi connectivity index (χ0n) is 34.2. The van der Waals surface area contributed by atoms with Gasteiger partial charge >= 0.3 is 0 Å². The Morgan fingerprint density at radius 1 is 0.310 bits per heavy atom. The van der Waals surface area contributed by atoms with Gasteiger partial charge in [0.2, 0.25) is 0 Å². The minimum atomic E-state index is -0.148. The van der Waals surface area contributed by atoms with Crippen LogP contribution in [-0.4, -0.2) is 0 Å². The SMILES string of the molecule is CC1(C)c2ccccc2-c2ccc(-c3ccc(N(c4ccccc4-c4cccc5c4C(C)(C)c4ccccc4-5)c4cccc5c4-c4ccccc4C5(C)C)cc3)cc21. The molecule has 0 aromatic heterocycles. The second-order valence-corrected chi connectivity index (χ2v) is 18.1. The molecule has 1 heteroatoms. The summed E-state index contributed by atoms with van der Waals surface area (Å²) in [5.74, 6) is 0. The number of para-hydroxylation sites is 1. The Bertz CT molecular complexity index is 2970. The van der Waals surface area contributed by atoms with Crippen LogP contribution in [-0.2, 0) is 16.2 Å². The maximum Gasteiger partial charge on any atom is 0.0543 e. The summed E-state index contributed by atoms with van der Waals surface area (Å²) in [6.07, 6.45) is 0. The smallest absolute Gasteiger partial charge is 0.0543 e. The summed E-state index contributed by atoms with van der Waals surface area (Å²) in [5.41, 5.74) is 24.5. The van der Waals surface area contributed by atoms with E-state index in [0.29, 0.717) is 0 Å². The molecule has 0 aliphatic heterocycles. The quantitative estimate of drug-likeness (QED) is 0.170. The van der Waals surface area contributed by atoms with E-state index in [4.69, 9.17) is 0 Å². The van der Waals surface area contributed by atoms with Gasteiger partial charge in [0.1, 0.15) is 0 Å². The lowest BCUT2D eigenvalue weighted by atomic mass is 9.78. The number of hydrogen-bond donors (Lipinski definition) is 0. The van der Waals surface area contributed by atoms with Gasteiger partial charge in [-0.2, -0.15) is 0 Å². The van der Waals surface area contributed by atoms with E-state index in [2.05, 4.69) is 222 Å². The van der Waals surface area contributed by atoms with E-state index in [1.165, 1.54) is 100 Å². The van der Waals surface area contributed by atoms with E-state index in [0.717, 1.165) is 5.69 Å². The van der Waals surface area contributed by atoms with Crippen molar-refractivity contribution < 1.29 is 0 Å². The molecule has 1 nitrogen and oxygen atoms in total. The summed E-state index contributed by atoms with van der Waals surface area (Å²) in [7, 11) is 0. The molecule has 0 saturated carbocycles. The molecule has 0 saturated heterocycles. The van der Waals surface area contributed by atoms with Crippen molar-refractivity contribution in [2.75, 3.05) is 4.90 Å². The van der Waals surface area contributed by atoms with Gasteiger partial charge in [-0.05, 0) is 108 Å². The first-order valence-corrected chi connectivity index (χ1v) is 20.8. The average Bonchev–Trinajstić information content (AvgIpc) is 3.74. The lowest BCUT2D eigenvalue weighted by Gasteiger charge is -2.32. The second-order valence-electron chi connectivity index (χ2n) is 18.1. The molecule has 0 unspecified atom stereocenters. The van der Waals surface area contributed by atoms with Crippen molar-refractivity contribution in [1.29, 1.82) is 0 Å². The molecule has 58 heavy (non-hydrogen) atoms. The van der Waals surface area contributed by atoms with Crippen molar-refractivity contribution in [2.24, 2.45) is 0 Å². The molecular formula is C57H47N. The summed E-state index contributed by atoms with van der Waals surface area (Å²) >= 11 is 0. The van der Waals surface area contributed by atoms with Gasteiger partial charge in [0.25, 0.3) is 0 Å². The molecule has 11 rings (SSSR count).